The molecule has 1 fully saturated rings. The van der Waals surface area contributed by atoms with Crippen molar-refractivity contribution in [2.45, 2.75) is 12.3 Å². The molecule has 0 N–H and O–H groups in total. The Morgan fingerprint density at radius 2 is 2.24 bits per heavy atom. The van der Waals surface area contributed by atoms with E-state index in [4.69, 9.17) is 16.3 Å². The van der Waals surface area contributed by atoms with Gasteiger partial charge in [-0.2, -0.15) is 13.2 Å². The van der Waals surface area contributed by atoms with Gasteiger partial charge >= 0.3 is 6.18 Å². The Morgan fingerprint density at radius 3 is 2.82 bits per heavy atom. The van der Waals surface area contributed by atoms with Crippen molar-refractivity contribution in [2.24, 2.45) is 0 Å². The van der Waals surface area contributed by atoms with Gasteiger partial charge in [-0.3, -0.25) is 4.79 Å². The van der Waals surface area contributed by atoms with Crippen molar-refractivity contribution in [2.75, 3.05) is 38.8 Å². The maximum Gasteiger partial charge on any atom is 0.411 e. The van der Waals surface area contributed by atoms with Crippen LogP contribution in [0.25, 0.3) is 0 Å². The summed E-state index contributed by atoms with van der Waals surface area (Å²) in [7, 11) is 0. The van der Waals surface area contributed by atoms with Crippen LogP contribution in [0.2, 0.25) is 0 Å². The normalized spacial score (nSPS) is 21.6. The summed E-state index contributed by atoms with van der Waals surface area (Å²) in [6.45, 7) is -1.02. The lowest BCUT2D eigenvalue weighted by Gasteiger charge is -2.32. The van der Waals surface area contributed by atoms with Crippen LogP contribution in [0.5, 0.6) is 0 Å². The average molecular weight is 276 g/mol. The van der Waals surface area contributed by atoms with E-state index in [0.717, 1.165) is 0 Å². The van der Waals surface area contributed by atoms with Gasteiger partial charge in [0.25, 0.3) is 0 Å². The second-order valence-electron chi connectivity index (χ2n) is 3.59. The van der Waals surface area contributed by atoms with Crippen molar-refractivity contribution in [3.63, 3.8) is 0 Å². The zero-order valence-corrected chi connectivity index (χ0v) is 9.76. The first kappa shape index (κ1) is 14.5. The van der Waals surface area contributed by atoms with Crippen LogP contribution < -0.4 is 0 Å². The van der Waals surface area contributed by atoms with Gasteiger partial charge in [-0.15, -0.1) is 11.6 Å². The number of ether oxygens (including phenoxy) is 2. The Morgan fingerprint density at radius 1 is 1.53 bits per heavy atom. The Bertz CT molecular complexity index is 262. The molecule has 0 aromatic rings. The van der Waals surface area contributed by atoms with Crippen molar-refractivity contribution in [1.82, 2.24) is 4.90 Å². The molecule has 0 radical (unpaired) electrons. The number of carbonyl (C=O) groups excluding carboxylic acids is 1. The fourth-order valence-electron chi connectivity index (χ4n) is 1.38. The predicted octanol–water partition coefficient (Wildman–Crippen LogP) is 1.03. The summed E-state index contributed by atoms with van der Waals surface area (Å²) in [6, 6.07) is 0. The first-order valence-electron chi connectivity index (χ1n) is 5.02. The quantitative estimate of drug-likeness (QED) is 0.720. The van der Waals surface area contributed by atoms with Gasteiger partial charge in [0.2, 0.25) is 5.91 Å². The summed E-state index contributed by atoms with van der Waals surface area (Å²) in [4.78, 5) is 12.9. The number of hydrogen-bond acceptors (Lipinski definition) is 3. The highest BCUT2D eigenvalue weighted by atomic mass is 35.5. The standard InChI is InChI=1S/C9H13ClF3NO3/c10-3-7-4-14(1-2-17-7)8(15)5-16-6-9(11,12)13/h7H,1-6H2. The maximum atomic E-state index is 11.8. The van der Waals surface area contributed by atoms with Gasteiger partial charge in [-0.25, -0.2) is 0 Å². The van der Waals surface area contributed by atoms with E-state index in [1.807, 2.05) is 0 Å². The Hall–Kier alpha value is -0.530. The molecule has 0 spiro atoms. The summed E-state index contributed by atoms with van der Waals surface area (Å²) < 4.78 is 44.8. The molecule has 1 aliphatic rings. The van der Waals surface area contributed by atoms with Crippen molar-refractivity contribution >= 4 is 17.5 Å². The summed E-state index contributed by atoms with van der Waals surface area (Å²) in [5.74, 6) is -0.236. The second kappa shape index (κ2) is 6.42. The minimum Gasteiger partial charge on any atom is -0.373 e. The van der Waals surface area contributed by atoms with Gasteiger partial charge in [0.1, 0.15) is 13.2 Å². The lowest BCUT2D eigenvalue weighted by molar-refractivity contribution is -0.179. The maximum absolute atomic E-state index is 11.8. The lowest BCUT2D eigenvalue weighted by atomic mass is 10.3. The number of morpholine rings is 1. The van der Waals surface area contributed by atoms with Crippen LogP contribution in [0.3, 0.4) is 0 Å². The molecule has 100 valence electrons. The molecule has 0 aromatic carbocycles. The highest BCUT2D eigenvalue weighted by Gasteiger charge is 2.29. The Labute approximate surface area is 102 Å². The number of carbonyl (C=O) groups is 1. The van der Waals surface area contributed by atoms with Crippen LogP contribution in [-0.4, -0.2) is 61.9 Å². The number of nitrogens with zero attached hydrogens (tertiary/aromatic N) is 1. The largest absolute Gasteiger partial charge is 0.411 e. The van der Waals surface area contributed by atoms with Crippen LogP contribution in [-0.2, 0) is 14.3 Å². The van der Waals surface area contributed by atoms with Crippen LogP contribution >= 0.6 is 11.6 Å². The highest BCUT2D eigenvalue weighted by molar-refractivity contribution is 6.18. The molecule has 1 amide bonds. The molecule has 1 heterocycles. The Kier molecular flexibility index (Phi) is 5.48. The van der Waals surface area contributed by atoms with E-state index in [1.54, 1.807) is 0 Å². The number of rotatable bonds is 4. The van der Waals surface area contributed by atoms with E-state index in [-0.39, 0.29) is 18.5 Å². The van der Waals surface area contributed by atoms with Gasteiger partial charge in [-0.05, 0) is 0 Å². The number of hydrogen-bond donors (Lipinski definition) is 0. The van der Waals surface area contributed by atoms with E-state index in [1.165, 1.54) is 4.90 Å². The SMILES string of the molecule is O=C(COCC(F)(F)F)N1CCOC(CCl)C1. The number of halogens is 4. The molecule has 8 heteroatoms. The summed E-state index contributed by atoms with van der Waals surface area (Å²) in [5.41, 5.74) is 0. The third-order valence-electron chi connectivity index (χ3n) is 2.15. The van der Waals surface area contributed by atoms with E-state index in [0.29, 0.717) is 13.2 Å². The Balaban J connectivity index is 2.27. The molecule has 0 aliphatic carbocycles. The molecule has 1 aliphatic heterocycles. The molecular formula is C9H13ClF3NO3. The smallest absolute Gasteiger partial charge is 0.373 e. The molecule has 17 heavy (non-hydrogen) atoms. The molecule has 1 rings (SSSR count). The highest BCUT2D eigenvalue weighted by Crippen LogP contribution is 2.14. The molecular weight excluding hydrogens is 263 g/mol. The summed E-state index contributed by atoms with van der Waals surface area (Å²) in [6.07, 6.45) is -4.68. The zero-order valence-electron chi connectivity index (χ0n) is 9.00. The van der Waals surface area contributed by atoms with Crippen LogP contribution in [0.4, 0.5) is 13.2 Å². The lowest BCUT2D eigenvalue weighted by Crippen LogP contribution is -2.47. The number of amides is 1. The molecule has 1 unspecified atom stereocenters. The van der Waals surface area contributed by atoms with E-state index >= 15 is 0 Å². The van der Waals surface area contributed by atoms with Gasteiger partial charge in [-0.1, -0.05) is 0 Å². The number of alkyl halides is 4. The third-order valence-corrected chi connectivity index (χ3v) is 2.50. The molecule has 4 nitrogen and oxygen atoms in total. The second-order valence-corrected chi connectivity index (χ2v) is 3.90. The fraction of sp³-hybridized carbons (Fsp3) is 0.889. The molecule has 1 atom stereocenters. The minimum absolute atomic E-state index is 0.243. The first-order chi connectivity index (χ1) is 7.92. The van der Waals surface area contributed by atoms with Gasteiger partial charge in [0.15, 0.2) is 0 Å². The van der Waals surface area contributed by atoms with Crippen LogP contribution in [0.15, 0.2) is 0 Å². The molecule has 0 bridgehead atoms. The van der Waals surface area contributed by atoms with Gasteiger partial charge < -0.3 is 14.4 Å². The minimum atomic E-state index is -4.41. The summed E-state index contributed by atoms with van der Waals surface area (Å²) in [5, 5.41) is 0. The van der Waals surface area contributed by atoms with Gasteiger partial charge in [0, 0.05) is 13.1 Å². The van der Waals surface area contributed by atoms with Crippen molar-refractivity contribution in [3.05, 3.63) is 0 Å². The third kappa shape index (κ3) is 5.56. The van der Waals surface area contributed by atoms with E-state index < -0.39 is 25.3 Å². The van der Waals surface area contributed by atoms with Crippen molar-refractivity contribution < 1.29 is 27.4 Å². The fourth-order valence-corrected chi connectivity index (χ4v) is 1.57. The van der Waals surface area contributed by atoms with Crippen LogP contribution in [0.1, 0.15) is 0 Å². The monoisotopic (exact) mass is 275 g/mol. The molecule has 0 saturated carbocycles. The van der Waals surface area contributed by atoms with Crippen LogP contribution in [0, 0.1) is 0 Å². The van der Waals surface area contributed by atoms with Crippen molar-refractivity contribution in [3.8, 4) is 0 Å². The van der Waals surface area contributed by atoms with Gasteiger partial charge in [0.05, 0.1) is 18.6 Å². The molecule has 1 saturated heterocycles. The van der Waals surface area contributed by atoms with E-state index in [2.05, 4.69) is 4.74 Å². The topological polar surface area (TPSA) is 38.8 Å². The van der Waals surface area contributed by atoms with E-state index in [9.17, 15) is 18.0 Å². The van der Waals surface area contributed by atoms with Crippen molar-refractivity contribution in [1.29, 1.82) is 0 Å². The first-order valence-corrected chi connectivity index (χ1v) is 5.55. The predicted molar refractivity (Wildman–Crippen MR) is 53.9 cm³/mol. The zero-order chi connectivity index (χ0) is 12.9. The molecule has 0 aromatic heterocycles. The average Bonchev–Trinajstić information content (AvgIpc) is 2.27. The summed E-state index contributed by atoms with van der Waals surface area (Å²) >= 11 is 5.57.